The molecule has 0 aliphatic carbocycles. The van der Waals surface area contributed by atoms with E-state index in [1.807, 2.05) is 0 Å². The zero-order chi connectivity index (χ0) is 6.53. The predicted octanol–water partition coefficient (Wildman–Crippen LogP) is -0.311. The van der Waals surface area contributed by atoms with E-state index in [0.717, 1.165) is 32.2 Å². The van der Waals surface area contributed by atoms with Gasteiger partial charge in [0.25, 0.3) is 0 Å². The molecule has 0 bridgehead atoms. The molecule has 0 saturated carbocycles. The molecule has 1 aliphatic rings. The summed E-state index contributed by atoms with van der Waals surface area (Å²) in [5.74, 6) is 0.271. The number of hydrogen-bond donors (Lipinski definition) is 2. The number of carbonyl (C=O) groups excluding carboxylic acids is 1. The Morgan fingerprint density at radius 3 is 2.22 bits per heavy atom. The van der Waals surface area contributed by atoms with Crippen LogP contribution in [0.3, 0.4) is 0 Å². The van der Waals surface area contributed by atoms with Crippen molar-refractivity contribution in [2.24, 2.45) is 5.92 Å². The molecule has 2 N–H and O–H groups in total. The van der Waals surface area contributed by atoms with Crippen LogP contribution in [0.2, 0.25) is 0 Å². The van der Waals surface area contributed by atoms with E-state index in [4.69, 9.17) is 0 Å². The maximum Gasteiger partial charge on any atom is 0.123 e. The Balaban J connectivity index is 2.26. The van der Waals surface area contributed by atoms with Crippen LogP contribution >= 0.6 is 0 Å². The predicted molar refractivity (Wildman–Crippen MR) is 34.8 cm³/mol. The molecular weight excluding hydrogens is 116 g/mol. The normalized spacial score (nSPS) is 23.1. The van der Waals surface area contributed by atoms with Crippen LogP contribution in [0.15, 0.2) is 0 Å². The van der Waals surface area contributed by atoms with Crippen LogP contribution in [-0.2, 0) is 4.79 Å². The average Bonchev–Trinajstić information content (AvgIpc) is 2.13. The van der Waals surface area contributed by atoms with Gasteiger partial charge < -0.3 is 4.79 Å². The van der Waals surface area contributed by atoms with E-state index in [9.17, 15) is 4.79 Å². The van der Waals surface area contributed by atoms with Crippen LogP contribution in [0.25, 0.3) is 0 Å². The van der Waals surface area contributed by atoms with E-state index in [1.165, 1.54) is 0 Å². The van der Waals surface area contributed by atoms with Crippen molar-refractivity contribution in [1.82, 2.24) is 10.9 Å². The molecule has 0 atom stereocenters. The summed E-state index contributed by atoms with van der Waals surface area (Å²) in [5.41, 5.74) is 6.01. The van der Waals surface area contributed by atoms with Crippen molar-refractivity contribution in [2.75, 3.05) is 13.1 Å². The Bertz CT molecular complexity index is 87.1. The SMILES string of the molecule is O=CC1CCNNCC1. The minimum atomic E-state index is 0.271. The standard InChI is InChI=1S/C6H12N2O/c9-5-6-1-3-7-8-4-2-6/h5-8H,1-4H2. The third kappa shape index (κ3) is 2.11. The summed E-state index contributed by atoms with van der Waals surface area (Å²) in [5, 5.41) is 0. The van der Waals surface area contributed by atoms with Gasteiger partial charge in [0.05, 0.1) is 0 Å². The van der Waals surface area contributed by atoms with Crippen molar-refractivity contribution in [3.8, 4) is 0 Å². The minimum Gasteiger partial charge on any atom is -0.303 e. The molecule has 0 spiro atoms. The Hall–Kier alpha value is -0.410. The summed E-state index contributed by atoms with van der Waals surface area (Å²) in [6, 6.07) is 0. The van der Waals surface area contributed by atoms with Crippen LogP contribution in [0.5, 0.6) is 0 Å². The summed E-state index contributed by atoms with van der Waals surface area (Å²) < 4.78 is 0. The molecule has 52 valence electrons. The topological polar surface area (TPSA) is 41.1 Å². The molecule has 3 heteroatoms. The summed E-state index contributed by atoms with van der Waals surface area (Å²) in [6.07, 6.45) is 2.99. The lowest BCUT2D eigenvalue weighted by Gasteiger charge is -2.00. The van der Waals surface area contributed by atoms with Crippen molar-refractivity contribution >= 4 is 6.29 Å². The highest BCUT2D eigenvalue weighted by molar-refractivity contribution is 5.53. The minimum absolute atomic E-state index is 0.271. The van der Waals surface area contributed by atoms with E-state index in [1.54, 1.807) is 0 Å². The largest absolute Gasteiger partial charge is 0.303 e. The third-order valence-electron chi connectivity index (χ3n) is 1.60. The number of hydrogen-bond acceptors (Lipinski definition) is 3. The highest BCUT2D eigenvalue weighted by Gasteiger charge is 2.08. The average molecular weight is 128 g/mol. The number of nitrogens with one attached hydrogen (secondary N) is 2. The molecule has 1 saturated heterocycles. The van der Waals surface area contributed by atoms with Gasteiger partial charge in [-0.2, -0.15) is 0 Å². The number of rotatable bonds is 1. The van der Waals surface area contributed by atoms with E-state index < -0.39 is 0 Å². The Morgan fingerprint density at radius 1 is 1.22 bits per heavy atom. The van der Waals surface area contributed by atoms with Crippen LogP contribution in [0.4, 0.5) is 0 Å². The quantitative estimate of drug-likeness (QED) is 0.476. The molecule has 0 amide bonds. The molecule has 3 nitrogen and oxygen atoms in total. The molecule has 0 aromatic rings. The molecular formula is C6H12N2O. The van der Waals surface area contributed by atoms with Crippen molar-refractivity contribution in [3.63, 3.8) is 0 Å². The van der Waals surface area contributed by atoms with Gasteiger partial charge in [-0.25, -0.2) is 0 Å². The first-order valence-corrected chi connectivity index (χ1v) is 3.34. The molecule has 9 heavy (non-hydrogen) atoms. The fourth-order valence-corrected chi connectivity index (χ4v) is 0.972. The molecule has 1 aliphatic heterocycles. The summed E-state index contributed by atoms with van der Waals surface area (Å²) in [6.45, 7) is 1.81. The maximum absolute atomic E-state index is 10.3. The number of aldehydes is 1. The molecule has 0 radical (unpaired) electrons. The van der Waals surface area contributed by atoms with E-state index in [0.29, 0.717) is 0 Å². The van der Waals surface area contributed by atoms with Gasteiger partial charge >= 0.3 is 0 Å². The Kier molecular flexibility index (Phi) is 2.67. The molecule has 0 unspecified atom stereocenters. The molecule has 1 fully saturated rings. The lowest BCUT2D eigenvalue weighted by Crippen LogP contribution is -2.30. The fraction of sp³-hybridized carbons (Fsp3) is 0.833. The highest BCUT2D eigenvalue weighted by atomic mass is 16.1. The van der Waals surface area contributed by atoms with Gasteiger partial charge in [-0.3, -0.25) is 10.9 Å². The lowest BCUT2D eigenvalue weighted by molar-refractivity contribution is -0.111. The smallest absolute Gasteiger partial charge is 0.123 e. The Labute approximate surface area is 54.8 Å². The van der Waals surface area contributed by atoms with Crippen LogP contribution in [-0.4, -0.2) is 19.4 Å². The van der Waals surface area contributed by atoms with E-state index in [-0.39, 0.29) is 5.92 Å². The van der Waals surface area contributed by atoms with Gasteiger partial charge in [-0.05, 0) is 12.8 Å². The fourth-order valence-electron chi connectivity index (χ4n) is 0.972. The summed E-state index contributed by atoms with van der Waals surface area (Å²) in [7, 11) is 0. The van der Waals surface area contributed by atoms with Gasteiger partial charge in [0, 0.05) is 19.0 Å². The van der Waals surface area contributed by atoms with Crippen molar-refractivity contribution < 1.29 is 4.79 Å². The molecule has 1 rings (SSSR count). The van der Waals surface area contributed by atoms with Gasteiger partial charge in [-0.15, -0.1) is 0 Å². The first-order chi connectivity index (χ1) is 4.43. The molecule has 0 aromatic heterocycles. The number of hydrazine groups is 1. The number of carbonyl (C=O) groups is 1. The second kappa shape index (κ2) is 3.58. The maximum atomic E-state index is 10.3. The second-order valence-corrected chi connectivity index (χ2v) is 2.33. The van der Waals surface area contributed by atoms with Crippen molar-refractivity contribution in [3.05, 3.63) is 0 Å². The van der Waals surface area contributed by atoms with E-state index in [2.05, 4.69) is 10.9 Å². The van der Waals surface area contributed by atoms with Crippen molar-refractivity contribution in [2.45, 2.75) is 12.8 Å². The van der Waals surface area contributed by atoms with E-state index >= 15 is 0 Å². The van der Waals surface area contributed by atoms with Gasteiger partial charge in [0.1, 0.15) is 6.29 Å². The summed E-state index contributed by atoms with van der Waals surface area (Å²) >= 11 is 0. The van der Waals surface area contributed by atoms with Gasteiger partial charge in [0.2, 0.25) is 0 Å². The van der Waals surface area contributed by atoms with Crippen LogP contribution in [0.1, 0.15) is 12.8 Å². The Morgan fingerprint density at radius 2 is 1.78 bits per heavy atom. The first kappa shape index (κ1) is 6.71. The van der Waals surface area contributed by atoms with Crippen LogP contribution < -0.4 is 10.9 Å². The van der Waals surface area contributed by atoms with Gasteiger partial charge in [0.15, 0.2) is 0 Å². The summed E-state index contributed by atoms with van der Waals surface area (Å²) in [4.78, 5) is 10.3. The van der Waals surface area contributed by atoms with Gasteiger partial charge in [-0.1, -0.05) is 0 Å². The highest BCUT2D eigenvalue weighted by Crippen LogP contribution is 2.04. The molecule has 1 heterocycles. The zero-order valence-corrected chi connectivity index (χ0v) is 5.39. The molecule has 0 aromatic carbocycles. The second-order valence-electron chi connectivity index (χ2n) is 2.33. The first-order valence-electron chi connectivity index (χ1n) is 3.34. The van der Waals surface area contributed by atoms with Crippen LogP contribution in [0, 0.1) is 5.92 Å². The monoisotopic (exact) mass is 128 g/mol. The third-order valence-corrected chi connectivity index (χ3v) is 1.60. The van der Waals surface area contributed by atoms with Crippen molar-refractivity contribution in [1.29, 1.82) is 0 Å². The zero-order valence-electron chi connectivity index (χ0n) is 5.39. The lowest BCUT2D eigenvalue weighted by atomic mass is 10.0.